The molecule has 1 saturated carbocycles. The smallest absolute Gasteiger partial charge is 0.370 e. The van der Waals surface area contributed by atoms with Crippen molar-refractivity contribution in [1.82, 2.24) is 14.9 Å². The Hall–Kier alpha value is -1.08. The van der Waals surface area contributed by atoms with Crippen molar-refractivity contribution in [2.75, 3.05) is 25.0 Å². The maximum Gasteiger partial charge on any atom is 0.433 e. The van der Waals surface area contributed by atoms with Gasteiger partial charge >= 0.3 is 6.18 Å². The highest BCUT2D eigenvalue weighted by molar-refractivity contribution is 6.28. The SMILES string of the molecule is FC(F)(F)c1cc(NCC2CCN(C3CC3)C2)nc(Cl)n1. The van der Waals surface area contributed by atoms with Gasteiger partial charge in [0.2, 0.25) is 5.28 Å². The van der Waals surface area contributed by atoms with Crippen molar-refractivity contribution in [2.45, 2.75) is 31.5 Å². The second-order valence-corrected chi connectivity index (χ2v) is 6.00. The fourth-order valence-corrected chi connectivity index (χ4v) is 2.89. The molecule has 2 heterocycles. The summed E-state index contributed by atoms with van der Waals surface area (Å²) < 4.78 is 38.0. The molecule has 2 aliphatic rings. The molecule has 1 N–H and O–H groups in total. The Balaban J connectivity index is 1.59. The predicted molar refractivity (Wildman–Crippen MR) is 73.2 cm³/mol. The number of aromatic nitrogens is 2. The summed E-state index contributed by atoms with van der Waals surface area (Å²) in [7, 11) is 0. The average molecular weight is 321 g/mol. The van der Waals surface area contributed by atoms with E-state index in [0.29, 0.717) is 12.5 Å². The summed E-state index contributed by atoms with van der Waals surface area (Å²) >= 11 is 5.55. The van der Waals surface area contributed by atoms with E-state index in [2.05, 4.69) is 20.2 Å². The summed E-state index contributed by atoms with van der Waals surface area (Å²) in [4.78, 5) is 9.47. The molecule has 0 spiro atoms. The molecule has 1 aromatic heterocycles. The van der Waals surface area contributed by atoms with Crippen LogP contribution in [-0.2, 0) is 6.18 Å². The second-order valence-electron chi connectivity index (χ2n) is 5.67. The Morgan fingerprint density at radius 2 is 2.05 bits per heavy atom. The third-order valence-electron chi connectivity index (χ3n) is 3.94. The first-order valence-corrected chi connectivity index (χ1v) is 7.39. The van der Waals surface area contributed by atoms with Crippen LogP contribution in [0.4, 0.5) is 19.0 Å². The van der Waals surface area contributed by atoms with Crippen LogP contribution in [0.1, 0.15) is 25.0 Å². The molecular weight excluding hydrogens is 305 g/mol. The van der Waals surface area contributed by atoms with Crippen molar-refractivity contribution in [2.24, 2.45) is 5.92 Å². The normalized spacial score (nSPS) is 23.5. The molecule has 0 aromatic carbocycles. The monoisotopic (exact) mass is 320 g/mol. The summed E-state index contributed by atoms with van der Waals surface area (Å²) in [5, 5.41) is 2.57. The molecule has 1 aliphatic heterocycles. The standard InChI is InChI=1S/C13H16ClF3N4/c14-12-19-10(13(15,16)17)5-11(20-12)18-6-8-3-4-21(7-8)9-1-2-9/h5,8-9H,1-4,6-7H2,(H,18,19,20). The van der Waals surface area contributed by atoms with Crippen molar-refractivity contribution in [3.8, 4) is 0 Å². The Kier molecular flexibility index (Phi) is 3.96. The maximum absolute atomic E-state index is 12.7. The molecule has 1 atom stereocenters. The van der Waals surface area contributed by atoms with E-state index >= 15 is 0 Å². The fraction of sp³-hybridized carbons (Fsp3) is 0.692. The van der Waals surface area contributed by atoms with Gasteiger partial charge in [0.1, 0.15) is 5.82 Å². The van der Waals surface area contributed by atoms with Gasteiger partial charge in [-0.15, -0.1) is 0 Å². The van der Waals surface area contributed by atoms with Gasteiger partial charge in [-0.1, -0.05) is 0 Å². The van der Waals surface area contributed by atoms with E-state index in [4.69, 9.17) is 11.6 Å². The zero-order valence-electron chi connectivity index (χ0n) is 11.3. The zero-order valence-corrected chi connectivity index (χ0v) is 12.1. The number of anilines is 1. The Labute approximate surface area is 125 Å². The molecule has 1 saturated heterocycles. The minimum Gasteiger partial charge on any atom is -0.370 e. The predicted octanol–water partition coefficient (Wildman–Crippen LogP) is 3.05. The van der Waals surface area contributed by atoms with E-state index in [0.717, 1.165) is 31.6 Å². The van der Waals surface area contributed by atoms with Gasteiger partial charge in [0.05, 0.1) is 0 Å². The second kappa shape index (κ2) is 5.61. The Bertz CT molecular complexity index is 519. The molecule has 8 heteroatoms. The van der Waals surface area contributed by atoms with Gasteiger partial charge in [0, 0.05) is 25.2 Å². The van der Waals surface area contributed by atoms with Crippen molar-refractivity contribution in [3.63, 3.8) is 0 Å². The van der Waals surface area contributed by atoms with E-state index < -0.39 is 17.2 Å². The van der Waals surface area contributed by atoms with E-state index in [1.54, 1.807) is 0 Å². The highest BCUT2D eigenvalue weighted by Gasteiger charge is 2.35. The molecule has 1 aromatic rings. The maximum atomic E-state index is 12.7. The minimum absolute atomic E-state index is 0.132. The summed E-state index contributed by atoms with van der Waals surface area (Å²) in [6.45, 7) is 2.69. The number of hydrogen-bond acceptors (Lipinski definition) is 4. The van der Waals surface area contributed by atoms with E-state index in [1.807, 2.05) is 0 Å². The van der Waals surface area contributed by atoms with Crippen LogP contribution in [0.5, 0.6) is 0 Å². The lowest BCUT2D eigenvalue weighted by atomic mass is 10.1. The number of likely N-dealkylation sites (tertiary alicyclic amines) is 1. The summed E-state index contributed by atoms with van der Waals surface area (Å²) in [5.74, 6) is 0.570. The van der Waals surface area contributed by atoms with Gasteiger partial charge in [-0.2, -0.15) is 13.2 Å². The lowest BCUT2D eigenvalue weighted by Crippen LogP contribution is -2.25. The zero-order chi connectivity index (χ0) is 15.0. The molecule has 2 fully saturated rings. The molecule has 4 nitrogen and oxygen atoms in total. The Morgan fingerprint density at radius 1 is 1.29 bits per heavy atom. The topological polar surface area (TPSA) is 41.0 Å². The van der Waals surface area contributed by atoms with Crippen LogP contribution in [0, 0.1) is 5.92 Å². The lowest BCUT2D eigenvalue weighted by Gasteiger charge is -2.15. The molecule has 21 heavy (non-hydrogen) atoms. The van der Waals surface area contributed by atoms with Crippen molar-refractivity contribution in [1.29, 1.82) is 0 Å². The van der Waals surface area contributed by atoms with Gasteiger partial charge in [0.15, 0.2) is 5.69 Å². The molecule has 0 amide bonds. The molecule has 1 aliphatic carbocycles. The number of hydrogen-bond donors (Lipinski definition) is 1. The highest BCUT2D eigenvalue weighted by Crippen LogP contribution is 2.32. The Morgan fingerprint density at radius 3 is 2.71 bits per heavy atom. The van der Waals surface area contributed by atoms with Crippen LogP contribution in [0.2, 0.25) is 5.28 Å². The van der Waals surface area contributed by atoms with Gasteiger partial charge in [-0.25, -0.2) is 9.97 Å². The molecule has 116 valence electrons. The highest BCUT2D eigenvalue weighted by atomic mass is 35.5. The van der Waals surface area contributed by atoms with Gasteiger partial charge in [-0.3, -0.25) is 0 Å². The van der Waals surface area contributed by atoms with Gasteiger partial charge < -0.3 is 10.2 Å². The quantitative estimate of drug-likeness (QED) is 0.866. The number of alkyl halides is 3. The third-order valence-corrected chi connectivity index (χ3v) is 4.11. The molecule has 3 rings (SSSR count). The van der Waals surface area contributed by atoms with Crippen molar-refractivity contribution >= 4 is 17.4 Å². The van der Waals surface area contributed by atoms with Gasteiger partial charge in [-0.05, 0) is 43.3 Å². The minimum atomic E-state index is -4.51. The molecule has 1 unspecified atom stereocenters. The van der Waals surface area contributed by atoms with E-state index in [-0.39, 0.29) is 5.82 Å². The number of halogens is 4. The van der Waals surface area contributed by atoms with Crippen LogP contribution in [0.25, 0.3) is 0 Å². The largest absolute Gasteiger partial charge is 0.433 e. The first-order valence-electron chi connectivity index (χ1n) is 7.01. The lowest BCUT2D eigenvalue weighted by molar-refractivity contribution is -0.141. The summed E-state index contributed by atoms with van der Waals surface area (Å²) in [5.41, 5.74) is -1.02. The van der Waals surface area contributed by atoms with E-state index in [1.165, 1.54) is 12.8 Å². The van der Waals surface area contributed by atoms with Crippen molar-refractivity contribution < 1.29 is 13.2 Å². The summed E-state index contributed by atoms with van der Waals surface area (Å²) in [6.07, 6.45) is -0.902. The number of nitrogens with zero attached hydrogens (tertiary/aromatic N) is 3. The summed E-state index contributed by atoms with van der Waals surface area (Å²) in [6, 6.07) is 1.64. The first-order chi connectivity index (χ1) is 9.91. The van der Waals surface area contributed by atoms with Gasteiger partial charge in [0.25, 0.3) is 0 Å². The fourth-order valence-electron chi connectivity index (χ4n) is 2.70. The third kappa shape index (κ3) is 3.77. The van der Waals surface area contributed by atoms with Crippen LogP contribution in [0.15, 0.2) is 6.07 Å². The van der Waals surface area contributed by atoms with Crippen LogP contribution in [-0.4, -0.2) is 40.5 Å². The molecule has 0 radical (unpaired) electrons. The van der Waals surface area contributed by atoms with Crippen LogP contribution in [0.3, 0.4) is 0 Å². The number of nitrogens with one attached hydrogen (secondary N) is 1. The van der Waals surface area contributed by atoms with Crippen LogP contribution < -0.4 is 5.32 Å². The first kappa shape index (κ1) is 14.8. The van der Waals surface area contributed by atoms with E-state index in [9.17, 15) is 13.2 Å². The molecular formula is C13H16ClF3N4. The number of rotatable bonds is 4. The van der Waals surface area contributed by atoms with Crippen molar-refractivity contribution in [3.05, 3.63) is 17.0 Å². The average Bonchev–Trinajstić information content (AvgIpc) is 3.14. The van der Waals surface area contributed by atoms with Crippen LogP contribution >= 0.6 is 11.6 Å². The molecule has 0 bridgehead atoms.